The summed E-state index contributed by atoms with van der Waals surface area (Å²) in [5.41, 5.74) is 1.77. The number of amides is 1. The third-order valence-electron chi connectivity index (χ3n) is 4.74. The molecule has 1 amide bonds. The molecule has 1 aliphatic heterocycles. The summed E-state index contributed by atoms with van der Waals surface area (Å²) in [6, 6.07) is 4.02. The Morgan fingerprint density at radius 2 is 2.27 bits per heavy atom. The van der Waals surface area contributed by atoms with E-state index in [1.807, 2.05) is 17.0 Å². The van der Waals surface area contributed by atoms with Crippen molar-refractivity contribution in [3.05, 3.63) is 24.2 Å². The molecule has 0 aromatic carbocycles. The Morgan fingerprint density at radius 3 is 3.12 bits per heavy atom. The van der Waals surface area contributed by atoms with E-state index in [-0.39, 0.29) is 11.9 Å². The van der Waals surface area contributed by atoms with Crippen LogP contribution in [-0.2, 0) is 20.7 Å². The summed E-state index contributed by atoms with van der Waals surface area (Å²) in [5, 5.41) is 0. The molecule has 26 heavy (non-hydrogen) atoms. The van der Waals surface area contributed by atoms with Crippen LogP contribution in [0.3, 0.4) is 0 Å². The van der Waals surface area contributed by atoms with Crippen LogP contribution >= 0.6 is 0 Å². The Labute approximate surface area is 154 Å². The molecular formula is C19H28N4O3. The minimum atomic E-state index is 0.147. The number of pyridine rings is 1. The number of aryl methyl sites for hydroxylation is 1. The highest BCUT2D eigenvalue weighted by Crippen LogP contribution is 2.21. The Hall–Kier alpha value is -1.99. The third-order valence-corrected chi connectivity index (χ3v) is 4.74. The van der Waals surface area contributed by atoms with E-state index in [9.17, 15) is 4.79 Å². The summed E-state index contributed by atoms with van der Waals surface area (Å²) in [7, 11) is 1.70. The Morgan fingerprint density at radius 1 is 1.38 bits per heavy atom. The highest BCUT2D eigenvalue weighted by atomic mass is 16.5. The Balaban J connectivity index is 1.66. The van der Waals surface area contributed by atoms with E-state index >= 15 is 0 Å². The SMILES string of the molecule is COC[C@@H](C)n1c(CCCC(=O)N2CCCOCC2)nc2cccnc21. The fourth-order valence-electron chi connectivity index (χ4n) is 3.48. The molecule has 1 atom stereocenters. The second-order valence-electron chi connectivity index (χ2n) is 6.75. The molecule has 0 aliphatic carbocycles. The first-order valence-electron chi connectivity index (χ1n) is 9.37. The zero-order valence-electron chi connectivity index (χ0n) is 15.7. The van der Waals surface area contributed by atoms with Crippen LogP contribution in [0.15, 0.2) is 18.3 Å². The second kappa shape index (κ2) is 9.09. The molecule has 2 aromatic rings. The fourth-order valence-corrected chi connectivity index (χ4v) is 3.48. The van der Waals surface area contributed by atoms with Gasteiger partial charge in [0.05, 0.1) is 19.3 Å². The molecule has 142 valence electrons. The topological polar surface area (TPSA) is 69.5 Å². The van der Waals surface area contributed by atoms with Crippen molar-refractivity contribution >= 4 is 17.1 Å². The molecule has 7 heteroatoms. The summed E-state index contributed by atoms with van der Waals surface area (Å²) >= 11 is 0. The summed E-state index contributed by atoms with van der Waals surface area (Å²) in [5.74, 6) is 1.18. The van der Waals surface area contributed by atoms with Gasteiger partial charge in [0, 0.05) is 45.8 Å². The maximum atomic E-state index is 12.4. The van der Waals surface area contributed by atoms with Crippen molar-refractivity contribution in [1.82, 2.24) is 19.4 Å². The lowest BCUT2D eigenvalue weighted by Crippen LogP contribution is -2.33. The summed E-state index contributed by atoms with van der Waals surface area (Å²) in [6.07, 6.45) is 4.77. The molecule has 0 N–H and O–H groups in total. The molecule has 3 rings (SSSR count). The smallest absolute Gasteiger partial charge is 0.222 e. The van der Waals surface area contributed by atoms with E-state index in [0.29, 0.717) is 26.2 Å². The van der Waals surface area contributed by atoms with Crippen molar-refractivity contribution < 1.29 is 14.3 Å². The van der Waals surface area contributed by atoms with Crippen LogP contribution in [0, 0.1) is 0 Å². The number of hydrogen-bond donors (Lipinski definition) is 0. The third kappa shape index (κ3) is 4.40. The number of ether oxygens (including phenoxy) is 2. The standard InChI is InChI=1S/C19H28N4O3/c1-15(14-25-2)23-17(21-16-6-4-9-20-19(16)23)7-3-8-18(24)22-10-5-12-26-13-11-22/h4,6,9,15H,3,5,7-8,10-14H2,1-2H3/t15-/m1/s1. The van der Waals surface area contributed by atoms with Crippen molar-refractivity contribution in [3.8, 4) is 0 Å². The van der Waals surface area contributed by atoms with Crippen LogP contribution < -0.4 is 0 Å². The Bertz CT molecular complexity index is 723. The first-order valence-corrected chi connectivity index (χ1v) is 9.37. The summed E-state index contributed by atoms with van der Waals surface area (Å²) < 4.78 is 12.9. The predicted octanol–water partition coefficient (Wildman–Crippen LogP) is 2.21. The maximum absolute atomic E-state index is 12.4. The van der Waals surface area contributed by atoms with Gasteiger partial charge in [0.1, 0.15) is 11.3 Å². The van der Waals surface area contributed by atoms with Gasteiger partial charge >= 0.3 is 0 Å². The van der Waals surface area contributed by atoms with Crippen molar-refractivity contribution in [1.29, 1.82) is 0 Å². The van der Waals surface area contributed by atoms with Crippen LogP contribution in [0.4, 0.5) is 0 Å². The van der Waals surface area contributed by atoms with Crippen LogP contribution in [0.5, 0.6) is 0 Å². The van der Waals surface area contributed by atoms with Crippen LogP contribution in [0.25, 0.3) is 11.2 Å². The van der Waals surface area contributed by atoms with Crippen molar-refractivity contribution in [3.63, 3.8) is 0 Å². The van der Waals surface area contributed by atoms with Gasteiger partial charge in [-0.1, -0.05) is 0 Å². The van der Waals surface area contributed by atoms with Crippen molar-refractivity contribution in [2.45, 2.75) is 38.6 Å². The normalized spacial score (nSPS) is 16.6. The minimum Gasteiger partial charge on any atom is -0.383 e. The van der Waals surface area contributed by atoms with Gasteiger partial charge in [-0.05, 0) is 31.9 Å². The van der Waals surface area contributed by atoms with E-state index in [0.717, 1.165) is 49.4 Å². The quantitative estimate of drug-likeness (QED) is 0.757. The van der Waals surface area contributed by atoms with Gasteiger partial charge in [0.15, 0.2) is 5.65 Å². The second-order valence-corrected chi connectivity index (χ2v) is 6.75. The number of imidazole rings is 1. The molecule has 1 aliphatic rings. The molecule has 0 unspecified atom stereocenters. The van der Waals surface area contributed by atoms with Gasteiger partial charge in [0.2, 0.25) is 5.91 Å². The zero-order valence-corrected chi connectivity index (χ0v) is 15.7. The number of carbonyl (C=O) groups excluding carboxylic acids is 1. The van der Waals surface area contributed by atoms with Gasteiger partial charge in [-0.25, -0.2) is 9.97 Å². The number of methoxy groups -OCH3 is 1. The lowest BCUT2D eigenvalue weighted by Gasteiger charge is -2.20. The number of nitrogens with zero attached hydrogens (tertiary/aromatic N) is 4. The Kier molecular flexibility index (Phi) is 6.57. The molecule has 0 saturated carbocycles. The highest BCUT2D eigenvalue weighted by Gasteiger charge is 2.19. The predicted molar refractivity (Wildman–Crippen MR) is 99.1 cm³/mol. The number of rotatable bonds is 7. The zero-order chi connectivity index (χ0) is 18.4. The average molecular weight is 360 g/mol. The van der Waals surface area contributed by atoms with E-state index in [2.05, 4.69) is 16.5 Å². The minimum absolute atomic E-state index is 0.147. The van der Waals surface area contributed by atoms with E-state index in [1.54, 1.807) is 13.3 Å². The molecule has 2 aromatic heterocycles. The lowest BCUT2D eigenvalue weighted by molar-refractivity contribution is -0.131. The van der Waals surface area contributed by atoms with E-state index in [4.69, 9.17) is 14.5 Å². The molecule has 1 saturated heterocycles. The first-order chi connectivity index (χ1) is 12.7. The number of carbonyl (C=O) groups is 1. The molecule has 1 fully saturated rings. The molecular weight excluding hydrogens is 332 g/mol. The highest BCUT2D eigenvalue weighted by molar-refractivity contribution is 5.76. The summed E-state index contributed by atoms with van der Waals surface area (Å²) in [6.45, 7) is 5.59. The van der Waals surface area contributed by atoms with Crippen LogP contribution in [0.1, 0.15) is 38.1 Å². The van der Waals surface area contributed by atoms with E-state index in [1.165, 1.54) is 0 Å². The van der Waals surface area contributed by atoms with Gasteiger partial charge in [-0.15, -0.1) is 0 Å². The number of aromatic nitrogens is 3. The van der Waals surface area contributed by atoms with Crippen molar-refractivity contribution in [2.24, 2.45) is 0 Å². The monoisotopic (exact) mass is 360 g/mol. The van der Waals surface area contributed by atoms with Gasteiger partial charge < -0.3 is 18.9 Å². The maximum Gasteiger partial charge on any atom is 0.222 e. The lowest BCUT2D eigenvalue weighted by atomic mass is 10.2. The van der Waals surface area contributed by atoms with Crippen molar-refractivity contribution in [2.75, 3.05) is 40.0 Å². The molecule has 0 radical (unpaired) electrons. The number of fused-ring (bicyclic) bond motifs is 1. The van der Waals surface area contributed by atoms with Crippen LogP contribution in [-0.4, -0.2) is 65.4 Å². The molecule has 7 nitrogen and oxygen atoms in total. The van der Waals surface area contributed by atoms with Gasteiger partial charge in [0.25, 0.3) is 0 Å². The van der Waals surface area contributed by atoms with Gasteiger partial charge in [-0.2, -0.15) is 0 Å². The van der Waals surface area contributed by atoms with E-state index < -0.39 is 0 Å². The first kappa shape index (κ1) is 18.8. The summed E-state index contributed by atoms with van der Waals surface area (Å²) in [4.78, 5) is 23.6. The largest absolute Gasteiger partial charge is 0.383 e. The fraction of sp³-hybridized carbons (Fsp3) is 0.632. The number of hydrogen-bond acceptors (Lipinski definition) is 5. The molecule has 3 heterocycles. The molecule has 0 spiro atoms. The van der Waals surface area contributed by atoms with Crippen LogP contribution in [0.2, 0.25) is 0 Å². The molecule has 0 bridgehead atoms. The van der Waals surface area contributed by atoms with Gasteiger partial charge in [-0.3, -0.25) is 4.79 Å². The average Bonchev–Trinajstić information content (AvgIpc) is 2.80.